The molecule has 5 N–H and O–H groups in total. The predicted octanol–water partition coefficient (Wildman–Crippen LogP) is 2.64. The van der Waals surface area contributed by atoms with Crippen LogP contribution in [0.5, 0.6) is 5.75 Å². The molecule has 1 aromatic carbocycles. The summed E-state index contributed by atoms with van der Waals surface area (Å²) < 4.78 is 15.5. The maximum atomic E-state index is 11.0. The van der Waals surface area contributed by atoms with E-state index < -0.39 is 24.4 Å². The van der Waals surface area contributed by atoms with Crippen molar-refractivity contribution >= 4 is 27.9 Å². The number of nitrogens with one attached hydrogen (secondary N) is 1. The Labute approximate surface area is 235 Å². The van der Waals surface area contributed by atoms with Gasteiger partial charge in [-0.1, -0.05) is 6.92 Å². The lowest BCUT2D eigenvalue weighted by Gasteiger charge is -2.16. The fraction of sp³-hybridized carbons (Fsp3) is 0.379. The lowest BCUT2D eigenvalue weighted by atomic mass is 10.1. The highest BCUT2D eigenvalue weighted by atomic mass is 16.6. The van der Waals surface area contributed by atoms with Crippen molar-refractivity contribution in [2.45, 2.75) is 56.6 Å². The van der Waals surface area contributed by atoms with Crippen molar-refractivity contribution in [3.63, 3.8) is 0 Å². The van der Waals surface area contributed by atoms with Gasteiger partial charge in [-0.05, 0) is 49.6 Å². The quantitative estimate of drug-likeness (QED) is 0.224. The van der Waals surface area contributed by atoms with Crippen LogP contribution in [0.25, 0.3) is 27.7 Å². The van der Waals surface area contributed by atoms with Crippen LogP contribution < -0.4 is 15.8 Å². The summed E-state index contributed by atoms with van der Waals surface area (Å²) in [6.07, 6.45) is 2.32. The minimum Gasteiger partial charge on any atom is -0.491 e. The van der Waals surface area contributed by atoms with E-state index in [1.807, 2.05) is 43.6 Å². The number of aromatic nitrogens is 6. The zero-order valence-corrected chi connectivity index (χ0v) is 22.8. The number of fused-ring (bicyclic) bond motifs is 2. The van der Waals surface area contributed by atoms with Crippen LogP contribution in [-0.4, -0.2) is 70.5 Å². The summed E-state index contributed by atoms with van der Waals surface area (Å²) >= 11 is 0. The summed E-state index contributed by atoms with van der Waals surface area (Å²) in [5.74, 6) is 0.877. The van der Waals surface area contributed by atoms with Crippen molar-refractivity contribution in [1.82, 2.24) is 29.4 Å². The molecule has 0 radical (unpaired) electrons. The van der Waals surface area contributed by atoms with E-state index in [-0.39, 0.29) is 12.4 Å². The minimum absolute atomic E-state index is 0.0361. The monoisotopic (exact) mass is 556 g/mol. The van der Waals surface area contributed by atoms with Crippen LogP contribution >= 0.6 is 0 Å². The van der Waals surface area contributed by atoms with Crippen molar-refractivity contribution < 1.29 is 19.7 Å². The SMILES string of the molecule is CCc1cc(NC2CC2)c2ccc(OC[C@H]3O[C@@H](c4cc(-c5ccn(C)n5)c5c(N)ncnn45)[C@H](O)[C@@H]3O)cc2n1. The summed E-state index contributed by atoms with van der Waals surface area (Å²) in [4.78, 5) is 8.93. The van der Waals surface area contributed by atoms with E-state index in [0.717, 1.165) is 28.7 Å². The molecule has 7 rings (SSSR count). The topological polar surface area (TPSA) is 158 Å². The van der Waals surface area contributed by atoms with Gasteiger partial charge in [-0.2, -0.15) is 10.2 Å². The molecule has 4 atom stereocenters. The fourth-order valence-corrected chi connectivity index (χ4v) is 5.46. The number of anilines is 2. The van der Waals surface area contributed by atoms with Gasteiger partial charge in [0.15, 0.2) is 5.82 Å². The lowest BCUT2D eigenvalue weighted by molar-refractivity contribution is -0.0187. The molecular formula is C29H32N8O4. The molecule has 0 bridgehead atoms. The van der Waals surface area contributed by atoms with Gasteiger partial charge in [-0.25, -0.2) is 9.50 Å². The normalized spacial score (nSPS) is 22.5. The maximum absolute atomic E-state index is 11.0. The summed E-state index contributed by atoms with van der Waals surface area (Å²) in [6, 6.07) is 12.1. The largest absolute Gasteiger partial charge is 0.491 e. The molecule has 4 aromatic heterocycles. The third kappa shape index (κ3) is 4.63. The van der Waals surface area contributed by atoms with Crippen LogP contribution in [0.2, 0.25) is 0 Å². The first kappa shape index (κ1) is 25.7. The van der Waals surface area contributed by atoms with E-state index in [4.69, 9.17) is 20.2 Å². The number of aryl methyl sites for hydroxylation is 2. The molecule has 0 amide bonds. The summed E-state index contributed by atoms with van der Waals surface area (Å²) in [5, 5.41) is 35.5. The molecular weight excluding hydrogens is 524 g/mol. The summed E-state index contributed by atoms with van der Waals surface area (Å²) in [6.45, 7) is 2.12. The first-order chi connectivity index (χ1) is 19.9. The van der Waals surface area contributed by atoms with Gasteiger partial charge in [0.05, 0.1) is 16.9 Å². The van der Waals surface area contributed by atoms with Gasteiger partial charge in [0.25, 0.3) is 0 Å². The molecule has 1 aliphatic carbocycles. The molecule has 2 aliphatic rings. The van der Waals surface area contributed by atoms with Crippen LogP contribution in [0.1, 0.15) is 37.3 Å². The number of hydrogen-bond donors (Lipinski definition) is 4. The molecule has 5 heterocycles. The first-order valence-corrected chi connectivity index (χ1v) is 13.9. The van der Waals surface area contributed by atoms with E-state index in [2.05, 4.69) is 33.5 Å². The maximum Gasteiger partial charge on any atom is 0.152 e. The van der Waals surface area contributed by atoms with Gasteiger partial charge in [0.2, 0.25) is 0 Å². The molecule has 2 fully saturated rings. The Morgan fingerprint density at radius 3 is 2.76 bits per heavy atom. The highest BCUT2D eigenvalue weighted by Crippen LogP contribution is 2.39. The number of ether oxygens (including phenoxy) is 2. The zero-order valence-electron chi connectivity index (χ0n) is 22.8. The predicted molar refractivity (Wildman–Crippen MR) is 152 cm³/mol. The molecule has 41 heavy (non-hydrogen) atoms. The van der Waals surface area contributed by atoms with Crippen LogP contribution in [-0.2, 0) is 18.2 Å². The Hall–Kier alpha value is -4.26. The van der Waals surface area contributed by atoms with Gasteiger partial charge in [-0.15, -0.1) is 0 Å². The second-order valence-corrected chi connectivity index (χ2v) is 10.8. The Bertz CT molecular complexity index is 1750. The molecule has 0 unspecified atom stereocenters. The molecule has 212 valence electrons. The average molecular weight is 557 g/mol. The van der Waals surface area contributed by atoms with Crippen molar-refractivity contribution in [1.29, 1.82) is 0 Å². The molecule has 1 saturated heterocycles. The Kier molecular flexibility index (Phi) is 6.25. The standard InChI is InChI=1S/C29H32N8O4/c1-3-15-10-21(34-16-4-5-16)18-7-6-17(11-22(18)33-15)40-13-24-26(38)27(39)28(41-24)23-12-19(20-8-9-36(2)35-20)25-29(30)31-14-32-37(23)25/h6-12,14,16,24,26-28,38-39H,3-5,13H2,1-2H3,(H,33,34)(H2,30,31,32)/t24-,26-,27-,28+/m1/s1. The molecule has 5 aromatic rings. The number of pyridine rings is 1. The van der Waals surface area contributed by atoms with Crippen LogP contribution in [0, 0.1) is 0 Å². The van der Waals surface area contributed by atoms with E-state index in [1.165, 1.54) is 19.2 Å². The minimum atomic E-state index is -1.21. The smallest absolute Gasteiger partial charge is 0.152 e. The first-order valence-electron chi connectivity index (χ1n) is 13.9. The van der Waals surface area contributed by atoms with Crippen LogP contribution in [0.3, 0.4) is 0 Å². The second kappa shape index (κ2) is 9.98. The number of hydrogen-bond acceptors (Lipinski definition) is 10. The number of aliphatic hydroxyl groups is 2. The van der Waals surface area contributed by atoms with E-state index in [1.54, 1.807) is 9.20 Å². The van der Waals surface area contributed by atoms with Crippen molar-refractivity contribution in [2.24, 2.45) is 7.05 Å². The Balaban J connectivity index is 1.14. The Morgan fingerprint density at radius 2 is 2.00 bits per heavy atom. The number of rotatable bonds is 8. The van der Waals surface area contributed by atoms with E-state index >= 15 is 0 Å². The zero-order chi connectivity index (χ0) is 28.2. The second-order valence-electron chi connectivity index (χ2n) is 10.8. The van der Waals surface area contributed by atoms with Crippen LogP contribution in [0.15, 0.2) is 48.9 Å². The number of nitrogens with two attached hydrogens (primary N) is 1. The van der Waals surface area contributed by atoms with Crippen LogP contribution in [0.4, 0.5) is 11.5 Å². The molecule has 12 nitrogen and oxygen atoms in total. The van der Waals surface area contributed by atoms with E-state index in [0.29, 0.717) is 34.3 Å². The van der Waals surface area contributed by atoms with Gasteiger partial charge >= 0.3 is 0 Å². The number of nitrogen functional groups attached to an aromatic ring is 1. The molecule has 1 aliphatic heterocycles. The highest BCUT2D eigenvalue weighted by Gasteiger charge is 2.45. The number of aliphatic hydroxyl groups excluding tert-OH is 2. The van der Waals surface area contributed by atoms with E-state index in [9.17, 15) is 10.2 Å². The number of nitrogens with zero attached hydrogens (tertiary/aromatic N) is 6. The van der Waals surface area contributed by atoms with Gasteiger partial charge < -0.3 is 30.7 Å². The fourth-order valence-electron chi connectivity index (χ4n) is 5.46. The van der Waals surface area contributed by atoms with Gasteiger partial charge in [0.1, 0.15) is 48.6 Å². The van der Waals surface area contributed by atoms with Crippen molar-refractivity contribution in [3.8, 4) is 17.0 Å². The Morgan fingerprint density at radius 1 is 1.15 bits per heavy atom. The molecule has 1 saturated carbocycles. The average Bonchev–Trinajstić information content (AvgIpc) is 3.43. The summed E-state index contributed by atoms with van der Waals surface area (Å²) in [5.41, 5.74) is 11.6. The third-order valence-electron chi connectivity index (χ3n) is 7.80. The van der Waals surface area contributed by atoms with Gasteiger partial charge in [0, 0.05) is 47.7 Å². The molecule has 0 spiro atoms. The van der Waals surface area contributed by atoms with Crippen molar-refractivity contribution in [3.05, 3.63) is 60.3 Å². The van der Waals surface area contributed by atoms with Crippen molar-refractivity contribution in [2.75, 3.05) is 17.7 Å². The number of benzene rings is 1. The lowest BCUT2D eigenvalue weighted by Crippen LogP contribution is -2.34. The summed E-state index contributed by atoms with van der Waals surface area (Å²) in [7, 11) is 1.83. The highest BCUT2D eigenvalue weighted by molar-refractivity contribution is 5.92. The molecule has 12 heteroatoms. The third-order valence-corrected chi connectivity index (χ3v) is 7.80. The van der Waals surface area contributed by atoms with Gasteiger partial charge in [-0.3, -0.25) is 9.67 Å².